The fourth-order valence-corrected chi connectivity index (χ4v) is 7.33. The first-order chi connectivity index (χ1) is 25.9. The molecule has 0 amide bonds. The molecule has 0 spiro atoms. The lowest BCUT2D eigenvalue weighted by Gasteiger charge is -2.28. The highest BCUT2D eigenvalue weighted by Gasteiger charge is 2.36. The Morgan fingerprint density at radius 2 is 0.792 bits per heavy atom. The Kier molecular flexibility index (Phi) is 8.65. The van der Waals surface area contributed by atoms with Crippen LogP contribution in [0.5, 0.6) is 0 Å². The first-order valence-electron chi connectivity index (χ1n) is 17.7. The molecule has 7 aromatic rings. The third-order valence-electron chi connectivity index (χ3n) is 10.1. The number of benzene rings is 7. The molecule has 0 atom stereocenters. The summed E-state index contributed by atoms with van der Waals surface area (Å²) in [5.41, 5.74) is 14.6. The zero-order chi connectivity index (χ0) is 36.4. The molecule has 53 heavy (non-hydrogen) atoms. The van der Waals surface area contributed by atoms with Crippen LogP contribution in [0, 0.1) is 22.7 Å². The van der Waals surface area contributed by atoms with Crippen LogP contribution >= 0.6 is 0 Å². The number of hydrogen-bond donors (Lipinski definition) is 0. The van der Waals surface area contributed by atoms with Crippen molar-refractivity contribution in [3.05, 3.63) is 203 Å². The number of fused-ring (bicyclic) bond motifs is 3. The maximum Gasteiger partial charge on any atom is 0.0991 e. The van der Waals surface area contributed by atoms with Crippen LogP contribution in [0.2, 0.25) is 0 Å². The maximum absolute atomic E-state index is 9.42. The van der Waals surface area contributed by atoms with Gasteiger partial charge >= 0.3 is 0 Å². The minimum Gasteiger partial charge on any atom is -0.311 e. The second-order valence-electron chi connectivity index (χ2n) is 13.7. The second-order valence-corrected chi connectivity index (χ2v) is 13.7. The predicted molar refractivity (Wildman–Crippen MR) is 218 cm³/mol. The lowest BCUT2D eigenvalue weighted by atomic mass is 9.81. The van der Waals surface area contributed by atoms with E-state index < -0.39 is 0 Å². The number of anilines is 6. The van der Waals surface area contributed by atoms with Crippen LogP contribution in [0.4, 0.5) is 34.1 Å². The highest BCUT2D eigenvalue weighted by atomic mass is 15.1. The van der Waals surface area contributed by atoms with Gasteiger partial charge in [0, 0.05) is 39.5 Å². The molecule has 0 radical (unpaired) electrons. The van der Waals surface area contributed by atoms with Crippen LogP contribution in [0.15, 0.2) is 170 Å². The Hall–Kier alpha value is -7.14. The minimum atomic E-state index is -0.231. The summed E-state index contributed by atoms with van der Waals surface area (Å²) in [6.45, 7) is 4.60. The van der Waals surface area contributed by atoms with Gasteiger partial charge < -0.3 is 9.80 Å². The van der Waals surface area contributed by atoms with Gasteiger partial charge in [-0.05, 0) is 130 Å². The van der Waals surface area contributed by atoms with Gasteiger partial charge in [-0.2, -0.15) is 10.5 Å². The molecule has 1 aliphatic rings. The van der Waals surface area contributed by atoms with E-state index in [-0.39, 0.29) is 5.41 Å². The molecular weight excluding hydrogens is 645 g/mol. The monoisotopic (exact) mass is 680 g/mol. The Labute approximate surface area is 311 Å². The Balaban J connectivity index is 1.08. The summed E-state index contributed by atoms with van der Waals surface area (Å²) >= 11 is 0. The van der Waals surface area contributed by atoms with E-state index in [0.717, 1.165) is 45.3 Å². The van der Waals surface area contributed by atoms with Crippen molar-refractivity contribution in [2.75, 3.05) is 9.80 Å². The molecule has 0 saturated carbocycles. The van der Waals surface area contributed by atoms with Crippen molar-refractivity contribution in [2.45, 2.75) is 19.3 Å². The van der Waals surface area contributed by atoms with Crippen molar-refractivity contribution >= 4 is 46.3 Å². The molecule has 1 aliphatic carbocycles. The van der Waals surface area contributed by atoms with Gasteiger partial charge in [0.1, 0.15) is 0 Å². The van der Waals surface area contributed by atoms with E-state index >= 15 is 0 Å². The van der Waals surface area contributed by atoms with Gasteiger partial charge in [0.05, 0.1) is 23.3 Å². The first-order valence-corrected chi connectivity index (χ1v) is 17.7. The smallest absolute Gasteiger partial charge is 0.0991 e. The minimum absolute atomic E-state index is 0.231. The zero-order valence-electron chi connectivity index (χ0n) is 29.6. The van der Waals surface area contributed by atoms with Gasteiger partial charge in [-0.3, -0.25) is 0 Å². The fourth-order valence-electron chi connectivity index (χ4n) is 7.33. The molecule has 0 aliphatic heterocycles. The Morgan fingerprint density at radius 3 is 1.30 bits per heavy atom. The van der Waals surface area contributed by atoms with Gasteiger partial charge in [-0.1, -0.05) is 98.8 Å². The first kappa shape index (κ1) is 33.0. The number of nitrogens with zero attached hydrogens (tertiary/aromatic N) is 4. The molecule has 0 fully saturated rings. The van der Waals surface area contributed by atoms with Crippen molar-refractivity contribution < 1.29 is 0 Å². The van der Waals surface area contributed by atoms with Crippen molar-refractivity contribution in [3.8, 4) is 23.3 Å². The van der Waals surface area contributed by atoms with E-state index in [1.165, 1.54) is 22.3 Å². The van der Waals surface area contributed by atoms with E-state index in [2.05, 4.69) is 157 Å². The summed E-state index contributed by atoms with van der Waals surface area (Å²) in [6, 6.07) is 62.8. The Bertz CT molecular complexity index is 2420. The quantitative estimate of drug-likeness (QED) is 0.150. The van der Waals surface area contributed by atoms with Crippen LogP contribution in [-0.4, -0.2) is 0 Å². The van der Waals surface area contributed by atoms with E-state index in [0.29, 0.717) is 11.1 Å². The second kappa shape index (κ2) is 13.9. The highest BCUT2D eigenvalue weighted by molar-refractivity contribution is 5.87. The molecule has 0 aromatic heterocycles. The van der Waals surface area contributed by atoms with Crippen LogP contribution in [0.1, 0.15) is 47.2 Å². The van der Waals surface area contributed by atoms with Crippen LogP contribution < -0.4 is 9.80 Å². The van der Waals surface area contributed by atoms with E-state index in [1.807, 2.05) is 60.7 Å². The topological polar surface area (TPSA) is 54.1 Å². The number of hydrogen-bond acceptors (Lipinski definition) is 4. The standard InChI is InChI=1S/C49H36N4/c1-49(2)47-31-36(14-13-35-15-22-41(23-16-35)52(39-9-5-3-6-10-39)40-11-7-4-8-12-40)21-29-45(47)46-30-28-44(32-48(46)49)53(42-24-17-37(33-50)18-25-42)43-26-19-38(34-51)20-27-43/h3-32H,1-2H3. The molecule has 0 bridgehead atoms. The average molecular weight is 681 g/mol. The van der Waals surface area contributed by atoms with Gasteiger partial charge in [0.15, 0.2) is 0 Å². The lowest BCUT2D eigenvalue weighted by molar-refractivity contribution is 0.660. The van der Waals surface area contributed by atoms with Crippen molar-refractivity contribution in [1.82, 2.24) is 0 Å². The van der Waals surface area contributed by atoms with E-state index in [1.54, 1.807) is 0 Å². The third-order valence-corrected chi connectivity index (χ3v) is 10.1. The summed E-state index contributed by atoms with van der Waals surface area (Å²) in [4.78, 5) is 4.45. The molecule has 0 saturated heterocycles. The molecule has 7 aromatic carbocycles. The molecule has 0 N–H and O–H groups in total. The highest BCUT2D eigenvalue weighted by Crippen LogP contribution is 2.51. The molecule has 0 unspecified atom stereocenters. The molecule has 4 heteroatoms. The molecule has 0 heterocycles. The summed E-state index contributed by atoms with van der Waals surface area (Å²) in [5, 5.41) is 18.8. The van der Waals surface area contributed by atoms with Gasteiger partial charge in [0.2, 0.25) is 0 Å². The third kappa shape index (κ3) is 6.36. The van der Waals surface area contributed by atoms with Gasteiger partial charge in [-0.15, -0.1) is 0 Å². The molecule has 252 valence electrons. The predicted octanol–water partition coefficient (Wildman–Crippen LogP) is 12.8. The Morgan fingerprint density at radius 1 is 0.415 bits per heavy atom. The fraction of sp³-hybridized carbons (Fsp3) is 0.0612. The average Bonchev–Trinajstić information content (AvgIpc) is 3.44. The maximum atomic E-state index is 9.42. The largest absolute Gasteiger partial charge is 0.311 e. The van der Waals surface area contributed by atoms with Crippen LogP contribution in [0.3, 0.4) is 0 Å². The molecule has 4 nitrogen and oxygen atoms in total. The number of rotatable bonds is 8. The molecule has 8 rings (SSSR count). The van der Waals surface area contributed by atoms with Crippen molar-refractivity contribution in [2.24, 2.45) is 0 Å². The van der Waals surface area contributed by atoms with Crippen molar-refractivity contribution in [3.63, 3.8) is 0 Å². The summed E-state index contributed by atoms with van der Waals surface area (Å²) < 4.78 is 0. The normalized spacial score (nSPS) is 12.4. The SMILES string of the molecule is CC1(C)c2cc(C=Cc3ccc(N(c4ccccc4)c4ccccc4)cc3)ccc2-c2ccc(N(c3ccc(C#N)cc3)c3ccc(C#N)cc3)cc21. The lowest BCUT2D eigenvalue weighted by Crippen LogP contribution is -2.16. The van der Waals surface area contributed by atoms with E-state index in [9.17, 15) is 10.5 Å². The molecular formula is C49H36N4. The zero-order valence-corrected chi connectivity index (χ0v) is 29.6. The number of para-hydroxylation sites is 2. The van der Waals surface area contributed by atoms with Gasteiger partial charge in [-0.25, -0.2) is 0 Å². The summed E-state index contributed by atoms with van der Waals surface area (Å²) in [7, 11) is 0. The van der Waals surface area contributed by atoms with E-state index in [4.69, 9.17) is 0 Å². The number of nitriles is 2. The van der Waals surface area contributed by atoms with Gasteiger partial charge in [0.25, 0.3) is 0 Å². The summed E-state index contributed by atoms with van der Waals surface area (Å²) in [5.74, 6) is 0. The van der Waals surface area contributed by atoms with Crippen LogP contribution in [0.25, 0.3) is 23.3 Å². The summed E-state index contributed by atoms with van der Waals surface area (Å²) in [6.07, 6.45) is 4.38. The van der Waals surface area contributed by atoms with Crippen LogP contribution in [-0.2, 0) is 5.41 Å². The van der Waals surface area contributed by atoms with Crippen molar-refractivity contribution in [1.29, 1.82) is 10.5 Å².